The molecule has 0 amide bonds. The number of rotatable bonds is 5. The lowest BCUT2D eigenvalue weighted by atomic mass is 9.98. The lowest BCUT2D eigenvalue weighted by Gasteiger charge is -2.15. The number of fused-ring (bicyclic) bond motifs is 1. The zero-order chi connectivity index (χ0) is 20.2. The Morgan fingerprint density at radius 2 is 1.52 bits per heavy atom. The molecule has 0 bridgehead atoms. The van der Waals surface area contributed by atoms with Gasteiger partial charge >= 0.3 is 5.97 Å². The van der Waals surface area contributed by atoms with E-state index in [0.717, 1.165) is 21.9 Å². The Morgan fingerprint density at radius 1 is 0.862 bits per heavy atom. The number of carbonyl (C=O) groups excluding carboxylic acids is 1. The number of carbonyl (C=O) groups is 1. The molecule has 0 fully saturated rings. The highest BCUT2D eigenvalue weighted by molar-refractivity contribution is 7.98. The lowest BCUT2D eigenvalue weighted by Crippen LogP contribution is -2.12. The summed E-state index contributed by atoms with van der Waals surface area (Å²) in [6.45, 7) is 2.08. The van der Waals surface area contributed by atoms with E-state index in [0.29, 0.717) is 22.1 Å². The van der Waals surface area contributed by atoms with Gasteiger partial charge < -0.3 is 4.74 Å². The zero-order valence-electron chi connectivity index (χ0n) is 16.3. The Balaban J connectivity index is 2.01. The molecule has 0 saturated heterocycles. The van der Waals surface area contributed by atoms with E-state index in [4.69, 9.17) is 9.72 Å². The van der Waals surface area contributed by atoms with Crippen molar-refractivity contribution in [2.45, 2.75) is 12.1 Å². The average molecular weight is 401 g/mol. The molecule has 29 heavy (non-hydrogen) atoms. The van der Waals surface area contributed by atoms with Crippen molar-refractivity contribution in [3.63, 3.8) is 0 Å². The summed E-state index contributed by atoms with van der Waals surface area (Å²) in [6, 6.07) is 23.9. The number of ether oxygens (including phenoxy) is 1. The van der Waals surface area contributed by atoms with Gasteiger partial charge in [0.15, 0.2) is 5.16 Å². The first-order valence-electron chi connectivity index (χ1n) is 9.39. The minimum Gasteiger partial charge on any atom is -0.462 e. The highest BCUT2D eigenvalue weighted by Crippen LogP contribution is 2.33. The average Bonchev–Trinajstić information content (AvgIpc) is 2.78. The van der Waals surface area contributed by atoms with Crippen LogP contribution >= 0.6 is 11.8 Å². The van der Waals surface area contributed by atoms with Gasteiger partial charge in [0.25, 0.3) is 0 Å². The molecule has 4 nitrogen and oxygen atoms in total. The Hall–Kier alpha value is -3.18. The number of thioether (sulfide) groups is 1. The molecule has 0 atom stereocenters. The number of nitrogens with zero attached hydrogens (tertiary/aromatic N) is 2. The van der Waals surface area contributed by atoms with Crippen molar-refractivity contribution in [1.82, 2.24) is 9.97 Å². The first-order valence-corrected chi connectivity index (χ1v) is 10.6. The van der Waals surface area contributed by atoms with E-state index < -0.39 is 5.97 Å². The summed E-state index contributed by atoms with van der Waals surface area (Å²) in [5.41, 5.74) is 3.29. The molecule has 4 rings (SSSR count). The predicted octanol–water partition coefficient (Wildman–Crippen LogP) is 5.86. The topological polar surface area (TPSA) is 52.1 Å². The number of benzene rings is 3. The highest BCUT2D eigenvalue weighted by Gasteiger charge is 2.24. The van der Waals surface area contributed by atoms with E-state index >= 15 is 0 Å². The van der Waals surface area contributed by atoms with Crippen LogP contribution in [0.4, 0.5) is 0 Å². The van der Waals surface area contributed by atoms with Crippen molar-refractivity contribution in [2.75, 3.05) is 12.9 Å². The third-order valence-electron chi connectivity index (χ3n) is 4.62. The highest BCUT2D eigenvalue weighted by atomic mass is 32.2. The van der Waals surface area contributed by atoms with E-state index in [1.165, 1.54) is 11.8 Å². The van der Waals surface area contributed by atoms with Crippen molar-refractivity contribution >= 4 is 28.5 Å². The molecule has 0 aliphatic carbocycles. The zero-order valence-corrected chi connectivity index (χ0v) is 17.1. The van der Waals surface area contributed by atoms with Gasteiger partial charge in [-0.15, -0.1) is 0 Å². The minimum atomic E-state index is -0.415. The molecular weight excluding hydrogens is 380 g/mol. The van der Waals surface area contributed by atoms with Crippen LogP contribution in [-0.4, -0.2) is 28.8 Å². The Morgan fingerprint density at radius 3 is 2.21 bits per heavy atom. The van der Waals surface area contributed by atoms with Crippen LogP contribution in [0.2, 0.25) is 0 Å². The Kier molecular flexibility index (Phi) is 5.58. The Labute approximate surface area is 174 Å². The number of hydrogen-bond acceptors (Lipinski definition) is 5. The van der Waals surface area contributed by atoms with Crippen molar-refractivity contribution in [1.29, 1.82) is 0 Å². The van der Waals surface area contributed by atoms with Crippen LogP contribution < -0.4 is 0 Å². The van der Waals surface area contributed by atoms with Gasteiger partial charge in [-0.05, 0) is 30.0 Å². The van der Waals surface area contributed by atoms with Gasteiger partial charge in [0, 0.05) is 11.1 Å². The van der Waals surface area contributed by atoms with E-state index in [9.17, 15) is 4.79 Å². The second-order valence-electron chi connectivity index (χ2n) is 6.43. The van der Waals surface area contributed by atoms with E-state index in [-0.39, 0.29) is 6.61 Å². The number of aromatic nitrogens is 2. The summed E-state index contributed by atoms with van der Waals surface area (Å²) < 4.78 is 5.39. The molecule has 1 aromatic heterocycles. The molecule has 144 valence electrons. The third kappa shape index (κ3) is 3.87. The van der Waals surface area contributed by atoms with Crippen LogP contribution in [-0.2, 0) is 4.74 Å². The number of hydrogen-bond donors (Lipinski definition) is 0. The Bertz CT molecular complexity index is 1180. The fourth-order valence-electron chi connectivity index (χ4n) is 3.28. The first-order chi connectivity index (χ1) is 14.2. The SMILES string of the molecule is CCOC(=O)c1c(-c2ccccc2)nc(SC)nc1-c1ccc2ccccc2c1. The predicted molar refractivity (Wildman–Crippen MR) is 118 cm³/mol. The summed E-state index contributed by atoms with van der Waals surface area (Å²) in [4.78, 5) is 22.4. The largest absolute Gasteiger partial charge is 0.462 e. The van der Waals surface area contributed by atoms with Crippen LogP contribution in [0.5, 0.6) is 0 Å². The van der Waals surface area contributed by atoms with E-state index in [2.05, 4.69) is 23.2 Å². The quantitative estimate of drug-likeness (QED) is 0.238. The third-order valence-corrected chi connectivity index (χ3v) is 5.17. The van der Waals surface area contributed by atoms with Crippen molar-refractivity contribution in [2.24, 2.45) is 0 Å². The van der Waals surface area contributed by atoms with Gasteiger partial charge in [0.2, 0.25) is 0 Å². The van der Waals surface area contributed by atoms with Gasteiger partial charge in [0.05, 0.1) is 18.0 Å². The maximum atomic E-state index is 13.0. The second-order valence-corrected chi connectivity index (χ2v) is 7.20. The molecule has 4 aromatic rings. The molecule has 1 heterocycles. The summed E-state index contributed by atoms with van der Waals surface area (Å²) in [7, 11) is 0. The van der Waals surface area contributed by atoms with Crippen LogP contribution in [0, 0.1) is 0 Å². The molecule has 3 aromatic carbocycles. The van der Waals surface area contributed by atoms with Gasteiger partial charge in [-0.25, -0.2) is 14.8 Å². The van der Waals surface area contributed by atoms with Crippen LogP contribution in [0.15, 0.2) is 78.0 Å². The minimum absolute atomic E-state index is 0.286. The second kappa shape index (κ2) is 8.45. The maximum Gasteiger partial charge on any atom is 0.342 e. The van der Waals surface area contributed by atoms with Crippen LogP contribution in [0.1, 0.15) is 17.3 Å². The van der Waals surface area contributed by atoms with Gasteiger partial charge in [-0.1, -0.05) is 78.5 Å². The molecule has 0 spiro atoms. The molecule has 0 radical (unpaired) electrons. The summed E-state index contributed by atoms with van der Waals surface area (Å²) in [6.07, 6.45) is 1.93. The van der Waals surface area contributed by atoms with Crippen LogP contribution in [0.3, 0.4) is 0 Å². The van der Waals surface area contributed by atoms with Crippen LogP contribution in [0.25, 0.3) is 33.3 Å². The first kappa shape index (κ1) is 19.2. The van der Waals surface area contributed by atoms with E-state index in [1.54, 1.807) is 6.92 Å². The standard InChI is InChI=1S/C24H20N2O2S/c1-3-28-23(27)20-21(17-10-5-4-6-11-17)25-24(29-2)26-22(20)19-14-13-16-9-7-8-12-18(16)15-19/h4-15H,3H2,1-2H3. The smallest absolute Gasteiger partial charge is 0.342 e. The maximum absolute atomic E-state index is 13.0. The molecule has 0 aliphatic rings. The monoisotopic (exact) mass is 400 g/mol. The lowest BCUT2D eigenvalue weighted by molar-refractivity contribution is 0.0527. The fourth-order valence-corrected chi connectivity index (χ4v) is 3.64. The summed E-state index contributed by atoms with van der Waals surface area (Å²) in [5.74, 6) is -0.415. The molecule has 0 unspecified atom stereocenters. The van der Waals surface area contributed by atoms with Crippen molar-refractivity contribution < 1.29 is 9.53 Å². The molecule has 0 aliphatic heterocycles. The van der Waals surface area contributed by atoms with Gasteiger partial charge in [0.1, 0.15) is 5.56 Å². The molecule has 0 saturated carbocycles. The summed E-state index contributed by atoms with van der Waals surface area (Å²) >= 11 is 1.45. The fraction of sp³-hybridized carbons (Fsp3) is 0.125. The molecule has 0 N–H and O–H groups in total. The summed E-state index contributed by atoms with van der Waals surface area (Å²) in [5, 5.41) is 2.84. The van der Waals surface area contributed by atoms with E-state index in [1.807, 2.05) is 60.9 Å². The molecule has 5 heteroatoms. The van der Waals surface area contributed by atoms with Crippen molar-refractivity contribution in [3.05, 3.63) is 78.4 Å². The van der Waals surface area contributed by atoms with Gasteiger partial charge in [-0.2, -0.15) is 0 Å². The van der Waals surface area contributed by atoms with Gasteiger partial charge in [-0.3, -0.25) is 0 Å². The normalized spacial score (nSPS) is 10.8. The van der Waals surface area contributed by atoms with Crippen molar-refractivity contribution in [3.8, 4) is 22.5 Å². The molecular formula is C24H20N2O2S. The number of esters is 1.